The molecule has 0 radical (unpaired) electrons. The smallest absolute Gasteiger partial charge is 0.184 e. The average Bonchev–Trinajstić information content (AvgIpc) is 3.07. The minimum Gasteiger partial charge on any atom is -0.303 e. The van der Waals surface area contributed by atoms with Crippen LogP contribution in [0.15, 0.2) is 30.3 Å². The summed E-state index contributed by atoms with van der Waals surface area (Å²) >= 11 is 0. The van der Waals surface area contributed by atoms with E-state index in [9.17, 15) is 4.79 Å². The monoisotopic (exact) mass is 373 g/mol. The topological polar surface area (TPSA) is 38.1 Å². The van der Waals surface area contributed by atoms with Gasteiger partial charge in [-0.2, -0.15) is 5.10 Å². The van der Waals surface area contributed by atoms with Crippen LogP contribution in [-0.4, -0.2) is 40.1 Å². The highest BCUT2D eigenvalue weighted by molar-refractivity contribution is 5.96. The highest BCUT2D eigenvalue weighted by Gasteiger charge is 2.25. The third-order valence-electron chi connectivity index (χ3n) is 5.55. The fourth-order valence-corrected chi connectivity index (χ4v) is 4.17. The molecule has 0 unspecified atom stereocenters. The summed E-state index contributed by atoms with van der Waals surface area (Å²) in [6.45, 7) is 3.17. The number of hydrogen-bond donors (Lipinski definition) is 0. The van der Waals surface area contributed by atoms with Crippen molar-refractivity contribution in [1.29, 1.82) is 0 Å². The van der Waals surface area contributed by atoms with Crippen molar-refractivity contribution in [3.8, 4) is 5.69 Å². The van der Waals surface area contributed by atoms with Crippen LogP contribution in [0.2, 0.25) is 0 Å². The Morgan fingerprint density at radius 3 is 2.46 bits per heavy atom. The molecule has 1 aliphatic carbocycles. The molecule has 0 amide bonds. The summed E-state index contributed by atoms with van der Waals surface area (Å²) in [5.41, 5.74) is 4.25. The second-order valence-corrected chi connectivity index (χ2v) is 7.30. The number of aromatic nitrogens is 2. The summed E-state index contributed by atoms with van der Waals surface area (Å²) in [5.74, 6) is 0.221. The van der Waals surface area contributed by atoms with Gasteiger partial charge in [-0.05, 0) is 63.7 Å². The Morgan fingerprint density at radius 1 is 0.962 bits per heavy atom. The minimum atomic E-state index is 0. The normalized spacial score (nSPS) is 17.4. The van der Waals surface area contributed by atoms with E-state index in [4.69, 9.17) is 5.10 Å². The van der Waals surface area contributed by atoms with Crippen LogP contribution < -0.4 is 0 Å². The summed E-state index contributed by atoms with van der Waals surface area (Å²) in [4.78, 5) is 15.3. The largest absolute Gasteiger partial charge is 0.303 e. The van der Waals surface area contributed by atoms with Crippen LogP contribution in [0.5, 0.6) is 0 Å². The second-order valence-electron chi connectivity index (χ2n) is 7.30. The van der Waals surface area contributed by atoms with E-state index in [0.29, 0.717) is 6.42 Å². The molecule has 140 valence electrons. The van der Waals surface area contributed by atoms with Gasteiger partial charge in [0.05, 0.1) is 5.69 Å². The molecular formula is C21H28ClN3O. The summed E-state index contributed by atoms with van der Waals surface area (Å²) in [7, 11) is 0. The van der Waals surface area contributed by atoms with Crippen molar-refractivity contribution in [1.82, 2.24) is 14.7 Å². The molecule has 1 saturated heterocycles. The molecule has 1 aromatic heterocycles. The molecule has 2 aliphatic rings. The first-order valence-electron chi connectivity index (χ1n) is 9.74. The summed E-state index contributed by atoms with van der Waals surface area (Å²) in [6, 6.07) is 10.2. The molecule has 0 bridgehead atoms. The zero-order valence-corrected chi connectivity index (χ0v) is 16.1. The second kappa shape index (κ2) is 8.83. The van der Waals surface area contributed by atoms with Gasteiger partial charge in [0.15, 0.2) is 5.78 Å². The number of fused-ring (bicyclic) bond motifs is 1. The van der Waals surface area contributed by atoms with E-state index in [-0.39, 0.29) is 18.2 Å². The standard InChI is InChI=1S/C21H27N3O.ClH/c25-20(13-16-23-14-7-2-8-15-23)21-18-11-5-6-12-19(18)24(22-21)17-9-3-1-4-10-17;/h1,3-4,9-10H,2,5-8,11-16H2;1H. The highest BCUT2D eigenvalue weighted by Crippen LogP contribution is 2.27. The Bertz CT molecular complexity index is 735. The molecule has 0 spiro atoms. The van der Waals surface area contributed by atoms with Crippen LogP contribution in [0.1, 0.15) is 60.3 Å². The van der Waals surface area contributed by atoms with Crippen molar-refractivity contribution < 1.29 is 4.79 Å². The van der Waals surface area contributed by atoms with Crippen LogP contribution in [0.25, 0.3) is 5.69 Å². The number of piperidine rings is 1. The van der Waals surface area contributed by atoms with Crippen molar-refractivity contribution in [2.75, 3.05) is 19.6 Å². The Labute approximate surface area is 162 Å². The molecule has 5 heteroatoms. The molecule has 2 aromatic rings. The summed E-state index contributed by atoms with van der Waals surface area (Å²) in [6.07, 6.45) is 8.84. The molecule has 1 aromatic carbocycles. The number of halogens is 1. The molecule has 1 fully saturated rings. The molecule has 4 rings (SSSR count). The maximum atomic E-state index is 12.9. The van der Waals surface area contributed by atoms with Gasteiger partial charge < -0.3 is 4.90 Å². The van der Waals surface area contributed by atoms with Crippen molar-refractivity contribution in [2.24, 2.45) is 0 Å². The number of carbonyl (C=O) groups is 1. The van der Waals surface area contributed by atoms with Crippen LogP contribution in [-0.2, 0) is 12.8 Å². The lowest BCUT2D eigenvalue weighted by Gasteiger charge is -2.25. The lowest BCUT2D eigenvalue weighted by Crippen LogP contribution is -2.31. The first kappa shape index (κ1) is 19.1. The Balaban J connectivity index is 0.00000196. The number of likely N-dealkylation sites (tertiary alicyclic amines) is 1. The summed E-state index contributed by atoms with van der Waals surface area (Å²) in [5, 5.41) is 4.77. The van der Waals surface area contributed by atoms with E-state index >= 15 is 0 Å². The van der Waals surface area contributed by atoms with Crippen LogP contribution in [0.3, 0.4) is 0 Å². The first-order valence-corrected chi connectivity index (χ1v) is 9.74. The molecular weight excluding hydrogens is 346 g/mol. The predicted molar refractivity (Wildman–Crippen MR) is 107 cm³/mol. The molecule has 0 atom stereocenters. The quantitative estimate of drug-likeness (QED) is 0.736. The molecule has 0 saturated carbocycles. The van der Waals surface area contributed by atoms with E-state index in [1.807, 2.05) is 22.9 Å². The third kappa shape index (κ3) is 4.02. The maximum absolute atomic E-state index is 12.9. The molecule has 2 heterocycles. The van der Waals surface area contributed by atoms with E-state index in [1.165, 1.54) is 43.4 Å². The zero-order valence-electron chi connectivity index (χ0n) is 15.3. The van der Waals surface area contributed by atoms with Gasteiger partial charge in [0.2, 0.25) is 0 Å². The lowest BCUT2D eigenvalue weighted by molar-refractivity contribution is 0.0952. The molecule has 0 N–H and O–H groups in total. The number of ketones is 1. The highest BCUT2D eigenvalue weighted by atomic mass is 35.5. The van der Waals surface area contributed by atoms with E-state index in [2.05, 4.69) is 17.0 Å². The van der Waals surface area contributed by atoms with Crippen LogP contribution in [0.4, 0.5) is 0 Å². The molecule has 26 heavy (non-hydrogen) atoms. The SMILES string of the molecule is Cl.O=C(CCN1CCCCC1)c1nn(-c2ccccc2)c2c1CCCC2. The van der Waals surface area contributed by atoms with Gasteiger partial charge in [0, 0.05) is 24.2 Å². The van der Waals surface area contributed by atoms with Crippen molar-refractivity contribution in [2.45, 2.75) is 51.4 Å². The van der Waals surface area contributed by atoms with Crippen molar-refractivity contribution in [3.05, 3.63) is 47.3 Å². The van der Waals surface area contributed by atoms with Gasteiger partial charge in [-0.15, -0.1) is 12.4 Å². The van der Waals surface area contributed by atoms with Gasteiger partial charge >= 0.3 is 0 Å². The fourth-order valence-electron chi connectivity index (χ4n) is 4.17. The van der Waals surface area contributed by atoms with E-state index < -0.39 is 0 Å². The maximum Gasteiger partial charge on any atom is 0.184 e. The van der Waals surface area contributed by atoms with E-state index in [1.54, 1.807) is 0 Å². The van der Waals surface area contributed by atoms with E-state index in [0.717, 1.165) is 43.9 Å². The average molecular weight is 374 g/mol. The van der Waals surface area contributed by atoms with Gasteiger partial charge in [-0.25, -0.2) is 4.68 Å². The van der Waals surface area contributed by atoms with Crippen LogP contribution in [0, 0.1) is 0 Å². The lowest BCUT2D eigenvalue weighted by atomic mass is 9.94. The number of para-hydroxylation sites is 1. The Kier molecular flexibility index (Phi) is 6.49. The van der Waals surface area contributed by atoms with Crippen molar-refractivity contribution in [3.63, 3.8) is 0 Å². The number of Topliss-reactive ketones (excluding diaryl/α,β-unsaturated/α-hetero) is 1. The number of benzene rings is 1. The number of carbonyl (C=O) groups excluding carboxylic acids is 1. The number of rotatable bonds is 5. The molecule has 1 aliphatic heterocycles. The third-order valence-corrected chi connectivity index (χ3v) is 5.55. The van der Waals surface area contributed by atoms with Crippen LogP contribution >= 0.6 is 12.4 Å². The van der Waals surface area contributed by atoms with Gasteiger partial charge in [0.1, 0.15) is 5.69 Å². The number of hydrogen-bond acceptors (Lipinski definition) is 3. The predicted octanol–water partition coefficient (Wildman–Crippen LogP) is 4.23. The Hall–Kier alpha value is -1.65. The van der Waals surface area contributed by atoms with Gasteiger partial charge in [-0.3, -0.25) is 4.79 Å². The van der Waals surface area contributed by atoms with Crippen molar-refractivity contribution >= 4 is 18.2 Å². The Morgan fingerprint density at radius 2 is 1.69 bits per heavy atom. The minimum absolute atomic E-state index is 0. The van der Waals surface area contributed by atoms with Gasteiger partial charge in [0.25, 0.3) is 0 Å². The fraction of sp³-hybridized carbons (Fsp3) is 0.524. The first-order chi connectivity index (χ1) is 12.3. The zero-order chi connectivity index (χ0) is 17.1. The van der Waals surface area contributed by atoms with Gasteiger partial charge in [-0.1, -0.05) is 24.6 Å². The summed E-state index contributed by atoms with van der Waals surface area (Å²) < 4.78 is 2.02. The molecule has 4 nitrogen and oxygen atoms in total. The number of nitrogens with zero attached hydrogens (tertiary/aromatic N) is 3.